The predicted octanol–water partition coefficient (Wildman–Crippen LogP) is 11.0. The Hall–Kier alpha value is -7.98. The van der Waals surface area contributed by atoms with Gasteiger partial charge in [0.15, 0.2) is 0 Å². The summed E-state index contributed by atoms with van der Waals surface area (Å²) >= 11 is 0. The minimum Gasteiger partial charge on any atom is -0.341 e. The van der Waals surface area contributed by atoms with E-state index in [4.69, 9.17) is 20.0 Å². The van der Waals surface area contributed by atoms with E-state index in [0.29, 0.717) is 13.1 Å². The normalized spacial score (nSPS) is 11.5. The van der Waals surface area contributed by atoms with Gasteiger partial charge in [-0.25, -0.2) is 9.97 Å². The molecule has 0 N–H and O–H groups in total. The van der Waals surface area contributed by atoms with Crippen LogP contribution in [0.5, 0.6) is 0 Å². The summed E-state index contributed by atoms with van der Waals surface area (Å²) in [5.41, 5.74) is 11.9. The lowest BCUT2D eigenvalue weighted by Gasteiger charge is -2.24. The molecule has 9 aromatic rings. The van der Waals surface area contributed by atoms with Crippen LogP contribution < -0.4 is 9.80 Å². The second kappa shape index (κ2) is 19.4. The Morgan fingerprint density at radius 3 is 1.08 bits per heavy atom. The first kappa shape index (κ1) is 39.5. The number of fused-ring (bicyclic) bond motifs is 3. The average molecular weight is 809 g/mol. The van der Waals surface area contributed by atoms with Crippen molar-refractivity contribution in [2.45, 2.75) is 12.8 Å². The molecule has 9 rings (SSSR count). The summed E-state index contributed by atoms with van der Waals surface area (Å²) in [6.45, 7) is 2.81. The Balaban J connectivity index is 1.03. The maximum absolute atomic E-state index is 5.29. The smallest absolute Gasteiger partial charge is 0.0979 e. The third-order valence-corrected chi connectivity index (χ3v) is 10.6. The van der Waals surface area contributed by atoms with Gasteiger partial charge in [-0.1, -0.05) is 72.8 Å². The number of rotatable bonds is 16. The highest BCUT2D eigenvalue weighted by Crippen LogP contribution is 2.36. The highest BCUT2D eigenvalue weighted by atomic mass is 15.1. The van der Waals surface area contributed by atoms with Crippen molar-refractivity contribution < 1.29 is 0 Å². The zero-order valence-corrected chi connectivity index (χ0v) is 34.2. The minimum atomic E-state index is 0.627. The van der Waals surface area contributed by atoms with Crippen LogP contribution in [0.4, 0.5) is 22.7 Å². The molecule has 302 valence electrons. The Kier molecular flexibility index (Phi) is 12.3. The molecule has 62 heavy (non-hydrogen) atoms. The number of aromatic nitrogens is 6. The lowest BCUT2D eigenvalue weighted by Crippen LogP contribution is -2.19. The van der Waals surface area contributed by atoms with Gasteiger partial charge in [0.1, 0.15) is 0 Å². The molecule has 0 aliphatic carbocycles. The molecule has 0 amide bonds. The quantitative estimate of drug-likeness (QED) is 0.0539. The molecule has 0 aliphatic heterocycles. The van der Waals surface area contributed by atoms with Crippen LogP contribution in [-0.4, -0.2) is 68.5 Å². The zero-order chi connectivity index (χ0) is 41.8. The molecule has 10 nitrogen and oxygen atoms in total. The van der Waals surface area contributed by atoms with E-state index in [2.05, 4.69) is 103 Å². The molecule has 6 aromatic heterocycles. The monoisotopic (exact) mass is 808 g/mol. The zero-order valence-electron chi connectivity index (χ0n) is 34.2. The second-order valence-electron chi connectivity index (χ2n) is 14.7. The summed E-state index contributed by atoms with van der Waals surface area (Å²) in [6.07, 6.45) is 20.0. The fourth-order valence-electron chi connectivity index (χ4n) is 7.73. The summed E-state index contributed by atoms with van der Waals surface area (Å²) in [6, 6.07) is 45.8. The van der Waals surface area contributed by atoms with E-state index in [1.165, 1.54) is 0 Å². The number of hydrogen-bond acceptors (Lipinski definition) is 10. The number of benzene rings is 3. The molecule has 0 bridgehead atoms. The topological polar surface area (TPSA) is 109 Å². The standard InChI is InChI=1S/C52H44N10/c1-3-9-39(10-4-1)49-35-41(37-57-23-7-33-61(43-15-25-53-26-16-43)44-17-27-54-28-18-44)59-51-47(49)13-14-48-50(40-11-5-2-6-12-40)36-42(60-52(48)51)38-58-24-8-34-62(45-19-29-55-30-20-45)46-21-31-56-32-22-46/h1-6,9-22,25-32,35-38H,7-8,23-24,33-34H2. The van der Waals surface area contributed by atoms with Crippen LogP contribution in [0.25, 0.3) is 44.1 Å². The first-order valence-electron chi connectivity index (χ1n) is 20.8. The summed E-state index contributed by atoms with van der Waals surface area (Å²) in [5, 5.41) is 2.05. The van der Waals surface area contributed by atoms with E-state index >= 15 is 0 Å². The first-order chi connectivity index (χ1) is 30.8. The number of anilines is 4. The van der Waals surface area contributed by atoms with Crippen molar-refractivity contribution in [2.75, 3.05) is 36.0 Å². The van der Waals surface area contributed by atoms with Gasteiger partial charge in [-0.05, 0) is 95.8 Å². The first-order valence-corrected chi connectivity index (χ1v) is 20.8. The maximum Gasteiger partial charge on any atom is 0.0979 e. The van der Waals surface area contributed by atoms with E-state index < -0.39 is 0 Å². The van der Waals surface area contributed by atoms with Gasteiger partial charge in [0.2, 0.25) is 0 Å². The van der Waals surface area contributed by atoms with E-state index in [1.807, 2.05) is 123 Å². The van der Waals surface area contributed by atoms with E-state index in [1.54, 1.807) is 0 Å². The predicted molar refractivity (Wildman–Crippen MR) is 253 cm³/mol. The minimum absolute atomic E-state index is 0.627. The fraction of sp³-hybridized carbons (Fsp3) is 0.115. The third-order valence-electron chi connectivity index (χ3n) is 10.6. The van der Waals surface area contributed by atoms with Gasteiger partial charge < -0.3 is 9.80 Å². The Morgan fingerprint density at radius 1 is 0.403 bits per heavy atom. The summed E-state index contributed by atoms with van der Waals surface area (Å²) in [5.74, 6) is 0. The summed E-state index contributed by atoms with van der Waals surface area (Å²) in [4.78, 5) is 41.8. The molecular weight excluding hydrogens is 765 g/mol. The molecular formula is C52H44N10. The molecule has 0 unspecified atom stereocenters. The molecule has 6 heterocycles. The van der Waals surface area contributed by atoms with Crippen LogP contribution in [0.1, 0.15) is 24.2 Å². The molecule has 10 heteroatoms. The van der Waals surface area contributed by atoms with Crippen molar-refractivity contribution in [1.29, 1.82) is 0 Å². The van der Waals surface area contributed by atoms with Crippen LogP contribution >= 0.6 is 0 Å². The van der Waals surface area contributed by atoms with Crippen molar-refractivity contribution in [2.24, 2.45) is 9.98 Å². The highest BCUT2D eigenvalue weighted by Gasteiger charge is 2.16. The molecule has 0 atom stereocenters. The largest absolute Gasteiger partial charge is 0.341 e. The molecule has 0 saturated carbocycles. The summed E-state index contributed by atoms with van der Waals surface area (Å²) < 4.78 is 0. The Morgan fingerprint density at radius 2 is 0.742 bits per heavy atom. The van der Waals surface area contributed by atoms with Crippen LogP contribution in [0.2, 0.25) is 0 Å². The number of aliphatic imine (C=N–C) groups is 2. The van der Waals surface area contributed by atoms with Crippen LogP contribution in [0.15, 0.2) is 193 Å². The molecule has 0 saturated heterocycles. The van der Waals surface area contributed by atoms with Crippen LogP contribution in [0.3, 0.4) is 0 Å². The number of hydrogen-bond donors (Lipinski definition) is 0. The second-order valence-corrected chi connectivity index (χ2v) is 14.7. The van der Waals surface area contributed by atoms with Crippen LogP contribution in [-0.2, 0) is 0 Å². The van der Waals surface area contributed by atoms with Crippen molar-refractivity contribution in [3.05, 3.63) is 194 Å². The lowest BCUT2D eigenvalue weighted by molar-refractivity contribution is 0.819. The van der Waals surface area contributed by atoms with Gasteiger partial charge in [-0.3, -0.25) is 29.9 Å². The number of nitrogens with zero attached hydrogens (tertiary/aromatic N) is 10. The van der Waals surface area contributed by atoms with Gasteiger partial charge in [-0.2, -0.15) is 0 Å². The van der Waals surface area contributed by atoms with Gasteiger partial charge in [0, 0.05) is 122 Å². The van der Waals surface area contributed by atoms with Crippen molar-refractivity contribution >= 4 is 57.0 Å². The SMILES string of the molecule is C(=NCCCN(c1ccncc1)c1ccncc1)c1cc(-c2ccccc2)c2ccc3c(-c4ccccc4)cc(C=NCCCN(c4ccncc4)c4ccncc4)nc3c2n1. The summed E-state index contributed by atoms with van der Waals surface area (Å²) in [7, 11) is 0. The van der Waals surface area contributed by atoms with E-state index in [-0.39, 0.29) is 0 Å². The van der Waals surface area contributed by atoms with Crippen molar-refractivity contribution in [3.8, 4) is 22.3 Å². The van der Waals surface area contributed by atoms with Crippen LogP contribution in [0, 0.1) is 0 Å². The van der Waals surface area contributed by atoms with Crippen molar-refractivity contribution in [3.63, 3.8) is 0 Å². The molecule has 3 aromatic carbocycles. The molecule has 0 aliphatic rings. The highest BCUT2D eigenvalue weighted by molar-refractivity contribution is 6.13. The molecule has 0 fully saturated rings. The average Bonchev–Trinajstić information content (AvgIpc) is 3.35. The van der Waals surface area contributed by atoms with Gasteiger partial charge in [0.25, 0.3) is 0 Å². The number of pyridine rings is 6. The fourth-order valence-corrected chi connectivity index (χ4v) is 7.73. The maximum atomic E-state index is 5.29. The van der Waals surface area contributed by atoms with E-state index in [9.17, 15) is 0 Å². The van der Waals surface area contributed by atoms with Gasteiger partial charge >= 0.3 is 0 Å². The Bertz CT molecular complexity index is 2620. The lowest BCUT2D eigenvalue weighted by atomic mass is 9.95. The van der Waals surface area contributed by atoms with Gasteiger partial charge in [0.05, 0.1) is 22.4 Å². The third kappa shape index (κ3) is 9.25. The Labute approximate surface area is 361 Å². The van der Waals surface area contributed by atoms with E-state index in [0.717, 1.165) is 104 Å². The molecule has 0 radical (unpaired) electrons. The molecule has 0 spiro atoms. The van der Waals surface area contributed by atoms with Gasteiger partial charge in [-0.15, -0.1) is 0 Å². The van der Waals surface area contributed by atoms with Crippen molar-refractivity contribution in [1.82, 2.24) is 29.9 Å².